The van der Waals surface area contributed by atoms with Crippen LogP contribution in [0.15, 0.2) is 18.5 Å². The zero-order valence-corrected chi connectivity index (χ0v) is 12.0. The molecule has 0 radical (unpaired) electrons. The average Bonchev–Trinajstić information content (AvgIpc) is 2.70. The summed E-state index contributed by atoms with van der Waals surface area (Å²) >= 11 is 5.96. The van der Waals surface area contributed by atoms with Crippen molar-refractivity contribution in [3.8, 4) is 0 Å². The quantitative estimate of drug-likeness (QED) is 0.863. The van der Waals surface area contributed by atoms with Gasteiger partial charge < -0.3 is 9.72 Å². The number of nitrogens with zero attached hydrogens (tertiary/aromatic N) is 1. The normalized spacial score (nSPS) is 11.8. The largest absolute Gasteiger partial charge is 0.455 e. The van der Waals surface area contributed by atoms with Crippen molar-refractivity contribution < 1.29 is 9.53 Å². The third kappa shape index (κ3) is 3.07. The Morgan fingerprint density at radius 3 is 2.95 bits per heavy atom. The SMILES string of the molecule is CCCC(C)(C)OC(=O)c1cc2[nH]cc(Cl)c2cn1. The molecule has 0 atom stereocenters. The highest BCUT2D eigenvalue weighted by molar-refractivity contribution is 6.35. The maximum absolute atomic E-state index is 12.1. The predicted molar refractivity (Wildman–Crippen MR) is 75.5 cm³/mol. The van der Waals surface area contributed by atoms with E-state index >= 15 is 0 Å². The van der Waals surface area contributed by atoms with Gasteiger partial charge in [-0.3, -0.25) is 0 Å². The van der Waals surface area contributed by atoms with E-state index < -0.39 is 11.6 Å². The molecule has 0 unspecified atom stereocenters. The third-order valence-electron chi connectivity index (χ3n) is 2.95. The second-order valence-electron chi connectivity index (χ2n) is 5.15. The predicted octanol–water partition coefficient (Wildman–Crippen LogP) is 3.95. The Kier molecular flexibility index (Phi) is 3.80. The van der Waals surface area contributed by atoms with Gasteiger partial charge >= 0.3 is 5.97 Å². The van der Waals surface area contributed by atoms with Gasteiger partial charge in [0.2, 0.25) is 0 Å². The molecule has 2 heterocycles. The van der Waals surface area contributed by atoms with Crippen molar-refractivity contribution in [2.75, 3.05) is 0 Å². The molecule has 0 fully saturated rings. The van der Waals surface area contributed by atoms with Crippen molar-refractivity contribution in [2.24, 2.45) is 0 Å². The van der Waals surface area contributed by atoms with E-state index in [0.29, 0.717) is 5.02 Å². The van der Waals surface area contributed by atoms with Crippen molar-refractivity contribution in [3.63, 3.8) is 0 Å². The van der Waals surface area contributed by atoms with Crippen LogP contribution in [-0.4, -0.2) is 21.5 Å². The summed E-state index contributed by atoms with van der Waals surface area (Å²) in [6, 6.07) is 1.66. The van der Waals surface area contributed by atoms with Gasteiger partial charge in [-0.1, -0.05) is 24.9 Å². The number of aromatic nitrogens is 2. The second kappa shape index (κ2) is 5.21. The van der Waals surface area contributed by atoms with Crippen LogP contribution in [-0.2, 0) is 4.74 Å². The van der Waals surface area contributed by atoms with E-state index in [2.05, 4.69) is 16.9 Å². The number of carbonyl (C=O) groups excluding carboxylic acids is 1. The van der Waals surface area contributed by atoms with E-state index in [1.807, 2.05) is 13.8 Å². The molecular formula is C14H17ClN2O2. The van der Waals surface area contributed by atoms with Crippen LogP contribution in [0.4, 0.5) is 0 Å². The van der Waals surface area contributed by atoms with E-state index in [9.17, 15) is 4.79 Å². The number of ether oxygens (including phenoxy) is 1. The Hall–Kier alpha value is -1.55. The lowest BCUT2D eigenvalue weighted by Crippen LogP contribution is -2.28. The molecule has 5 heteroatoms. The summed E-state index contributed by atoms with van der Waals surface area (Å²) in [4.78, 5) is 19.2. The molecule has 1 N–H and O–H groups in total. The van der Waals surface area contributed by atoms with Crippen molar-refractivity contribution in [1.29, 1.82) is 0 Å². The summed E-state index contributed by atoms with van der Waals surface area (Å²) in [6.07, 6.45) is 5.02. The van der Waals surface area contributed by atoms with Gasteiger partial charge in [-0.05, 0) is 26.3 Å². The number of halogens is 1. The number of nitrogens with one attached hydrogen (secondary N) is 1. The van der Waals surface area contributed by atoms with Crippen LogP contribution in [0.5, 0.6) is 0 Å². The number of esters is 1. The lowest BCUT2D eigenvalue weighted by atomic mass is 10.0. The Bertz CT molecular complexity index is 605. The van der Waals surface area contributed by atoms with Crippen molar-refractivity contribution in [2.45, 2.75) is 39.2 Å². The summed E-state index contributed by atoms with van der Waals surface area (Å²) in [7, 11) is 0. The molecule has 102 valence electrons. The van der Waals surface area contributed by atoms with Gasteiger partial charge in [-0.15, -0.1) is 0 Å². The van der Waals surface area contributed by atoms with E-state index in [-0.39, 0.29) is 5.69 Å². The third-order valence-corrected chi connectivity index (χ3v) is 3.26. The Morgan fingerprint density at radius 1 is 1.53 bits per heavy atom. The van der Waals surface area contributed by atoms with Gasteiger partial charge in [-0.2, -0.15) is 0 Å². The van der Waals surface area contributed by atoms with Gasteiger partial charge in [0.1, 0.15) is 11.3 Å². The Balaban J connectivity index is 2.22. The number of fused-ring (bicyclic) bond motifs is 1. The average molecular weight is 281 g/mol. The van der Waals surface area contributed by atoms with Gasteiger partial charge in [0.25, 0.3) is 0 Å². The highest BCUT2D eigenvalue weighted by Gasteiger charge is 2.23. The molecular weight excluding hydrogens is 264 g/mol. The first-order chi connectivity index (χ1) is 8.93. The maximum Gasteiger partial charge on any atom is 0.357 e. The minimum atomic E-state index is -0.476. The molecule has 19 heavy (non-hydrogen) atoms. The molecule has 0 aromatic carbocycles. The number of H-pyrrole nitrogens is 1. The minimum absolute atomic E-state index is 0.287. The summed E-state index contributed by atoms with van der Waals surface area (Å²) in [5, 5.41) is 1.39. The topological polar surface area (TPSA) is 55.0 Å². The zero-order valence-electron chi connectivity index (χ0n) is 11.3. The molecule has 2 rings (SSSR count). The van der Waals surface area contributed by atoms with Crippen molar-refractivity contribution in [1.82, 2.24) is 9.97 Å². The smallest absolute Gasteiger partial charge is 0.357 e. The standard InChI is InChI=1S/C14H17ClN2O2/c1-4-5-14(2,3)19-13(18)12-6-11-9(7-16-12)10(15)8-17-11/h6-8,17H,4-5H2,1-3H3. The fourth-order valence-corrected chi connectivity index (χ4v) is 2.26. The minimum Gasteiger partial charge on any atom is -0.455 e. The number of hydrogen-bond acceptors (Lipinski definition) is 3. The molecule has 4 nitrogen and oxygen atoms in total. The molecule has 0 amide bonds. The molecule has 2 aromatic rings. The Labute approximate surface area is 117 Å². The van der Waals surface area contributed by atoms with Crippen molar-refractivity contribution >= 4 is 28.5 Å². The van der Waals surface area contributed by atoms with Crippen LogP contribution in [0.1, 0.15) is 44.1 Å². The number of hydrogen-bond donors (Lipinski definition) is 1. The molecule has 0 aliphatic carbocycles. The fourth-order valence-electron chi connectivity index (χ4n) is 2.05. The highest BCUT2D eigenvalue weighted by Crippen LogP contribution is 2.23. The van der Waals surface area contributed by atoms with E-state index in [1.165, 1.54) is 0 Å². The van der Waals surface area contributed by atoms with E-state index in [4.69, 9.17) is 16.3 Å². The first-order valence-electron chi connectivity index (χ1n) is 6.29. The molecule has 0 aliphatic rings. The van der Waals surface area contributed by atoms with Gasteiger partial charge in [0.15, 0.2) is 0 Å². The zero-order chi connectivity index (χ0) is 14.0. The first kappa shape index (κ1) is 13.9. The van der Waals surface area contributed by atoms with Crippen LogP contribution in [0.3, 0.4) is 0 Å². The van der Waals surface area contributed by atoms with Crippen LogP contribution in [0.2, 0.25) is 5.02 Å². The lowest BCUT2D eigenvalue weighted by molar-refractivity contribution is -0.00533. The lowest BCUT2D eigenvalue weighted by Gasteiger charge is -2.24. The van der Waals surface area contributed by atoms with Gasteiger partial charge in [0, 0.05) is 17.8 Å². The van der Waals surface area contributed by atoms with Crippen molar-refractivity contribution in [3.05, 3.63) is 29.2 Å². The molecule has 0 spiro atoms. The number of aromatic amines is 1. The maximum atomic E-state index is 12.1. The molecule has 0 aliphatic heterocycles. The molecule has 0 bridgehead atoms. The first-order valence-corrected chi connectivity index (χ1v) is 6.67. The summed E-state index contributed by atoms with van der Waals surface area (Å²) in [5.41, 5.74) is 0.589. The molecule has 2 aromatic heterocycles. The number of carbonyl (C=O) groups is 1. The summed E-state index contributed by atoms with van der Waals surface area (Å²) in [5.74, 6) is -0.411. The molecule has 0 saturated carbocycles. The summed E-state index contributed by atoms with van der Waals surface area (Å²) in [6.45, 7) is 5.86. The van der Waals surface area contributed by atoms with Gasteiger partial charge in [0.05, 0.1) is 10.5 Å². The van der Waals surface area contributed by atoms with Crippen LogP contribution >= 0.6 is 11.6 Å². The van der Waals surface area contributed by atoms with Crippen LogP contribution in [0.25, 0.3) is 10.9 Å². The second-order valence-corrected chi connectivity index (χ2v) is 5.56. The number of pyridine rings is 1. The summed E-state index contributed by atoms with van der Waals surface area (Å²) < 4.78 is 5.47. The van der Waals surface area contributed by atoms with Crippen LogP contribution in [0, 0.1) is 0 Å². The van der Waals surface area contributed by atoms with Crippen LogP contribution < -0.4 is 0 Å². The fraction of sp³-hybridized carbons (Fsp3) is 0.429. The van der Waals surface area contributed by atoms with E-state index in [1.54, 1.807) is 18.5 Å². The van der Waals surface area contributed by atoms with E-state index in [0.717, 1.165) is 23.7 Å². The highest BCUT2D eigenvalue weighted by atomic mass is 35.5. The number of rotatable bonds is 4. The monoisotopic (exact) mass is 280 g/mol. The Morgan fingerprint density at radius 2 is 2.26 bits per heavy atom. The molecule has 0 saturated heterocycles. The van der Waals surface area contributed by atoms with Gasteiger partial charge in [-0.25, -0.2) is 9.78 Å².